The Labute approximate surface area is 222 Å². The Morgan fingerprint density at radius 1 is 0.639 bits per heavy atom. The summed E-state index contributed by atoms with van der Waals surface area (Å²) in [7, 11) is 0. The number of hydrogen-bond acceptors (Lipinski definition) is 10. The summed E-state index contributed by atoms with van der Waals surface area (Å²) in [5, 5.41) is 24.6. The van der Waals surface area contributed by atoms with Gasteiger partial charge in [-0.05, 0) is 12.8 Å². The van der Waals surface area contributed by atoms with Crippen molar-refractivity contribution >= 4 is 44.8 Å². The average Bonchev–Trinajstić information content (AvgIpc) is 3.50. The molecule has 2 N–H and O–H groups in total. The summed E-state index contributed by atoms with van der Waals surface area (Å²) in [6, 6.07) is 0. The van der Waals surface area contributed by atoms with Gasteiger partial charge in [0.25, 0.3) is 0 Å². The van der Waals surface area contributed by atoms with Gasteiger partial charge < -0.3 is 20.1 Å². The maximum absolute atomic E-state index is 11.9. The van der Waals surface area contributed by atoms with Crippen molar-refractivity contribution in [2.24, 2.45) is 0 Å². The molecule has 2 heterocycles. The Hall–Kier alpha value is -2.02. The summed E-state index contributed by atoms with van der Waals surface area (Å²) < 4.78 is 11.2. The summed E-state index contributed by atoms with van der Waals surface area (Å²) in [6.07, 6.45) is 10.9. The number of ether oxygens (including phenoxy) is 2. The molecule has 0 bridgehead atoms. The first kappa shape index (κ1) is 30.2. The van der Waals surface area contributed by atoms with Gasteiger partial charge in [0.05, 0.1) is 26.4 Å². The van der Waals surface area contributed by atoms with Crippen LogP contribution in [0.5, 0.6) is 0 Å². The van der Waals surface area contributed by atoms with Crippen LogP contribution in [0.3, 0.4) is 0 Å². The maximum Gasteiger partial charge on any atom is 0.226 e. The number of hydrogen-bond donors (Lipinski definition) is 2. The average molecular weight is 541 g/mol. The summed E-state index contributed by atoms with van der Waals surface area (Å²) in [6.45, 7) is 6.29. The molecule has 2 aromatic heterocycles. The quantitative estimate of drug-likeness (QED) is 0.211. The van der Waals surface area contributed by atoms with Crippen molar-refractivity contribution in [1.29, 1.82) is 0 Å². The van der Waals surface area contributed by atoms with Crippen molar-refractivity contribution in [2.45, 2.75) is 90.9 Å². The van der Waals surface area contributed by atoms with Crippen LogP contribution < -0.4 is 10.6 Å². The molecule has 0 aliphatic rings. The van der Waals surface area contributed by atoms with Crippen molar-refractivity contribution < 1.29 is 19.1 Å². The highest BCUT2D eigenvalue weighted by atomic mass is 32.1. The molecule has 0 atom stereocenters. The highest BCUT2D eigenvalue weighted by molar-refractivity contribution is 7.15. The van der Waals surface area contributed by atoms with E-state index in [1.54, 1.807) is 0 Å². The third-order valence-corrected chi connectivity index (χ3v) is 7.03. The van der Waals surface area contributed by atoms with Crippen LogP contribution in [-0.2, 0) is 31.9 Å². The van der Waals surface area contributed by atoms with Crippen LogP contribution in [0.4, 0.5) is 10.3 Å². The van der Waals surface area contributed by atoms with Crippen molar-refractivity contribution in [3.05, 3.63) is 10.0 Å². The zero-order valence-electron chi connectivity index (χ0n) is 21.6. The number of anilines is 2. The fraction of sp³-hybridized carbons (Fsp3) is 0.750. The van der Waals surface area contributed by atoms with E-state index in [1.165, 1.54) is 22.7 Å². The SMILES string of the molecule is CCCCCCC(=O)Nc1nnc(CCOCCOCCc2nnc(NC(=O)CCCCCC)s2)s1. The molecule has 36 heavy (non-hydrogen) atoms. The number of carbonyl (C=O) groups is 2. The largest absolute Gasteiger partial charge is 0.379 e. The van der Waals surface area contributed by atoms with Crippen molar-refractivity contribution in [3.63, 3.8) is 0 Å². The number of carbonyl (C=O) groups excluding carboxylic acids is 2. The third-order valence-electron chi connectivity index (χ3n) is 5.23. The molecule has 0 aromatic carbocycles. The molecular formula is C24H40N6O4S2. The van der Waals surface area contributed by atoms with Crippen molar-refractivity contribution in [1.82, 2.24) is 20.4 Å². The molecular weight excluding hydrogens is 500 g/mol. The summed E-state index contributed by atoms with van der Waals surface area (Å²) in [5.74, 6) is -0.0102. The highest BCUT2D eigenvalue weighted by Crippen LogP contribution is 2.17. The van der Waals surface area contributed by atoms with Crippen LogP contribution in [0.25, 0.3) is 0 Å². The topological polar surface area (TPSA) is 128 Å². The molecule has 0 aliphatic carbocycles. The molecule has 0 saturated carbocycles. The van der Waals surface area contributed by atoms with Crippen LogP contribution in [0.2, 0.25) is 0 Å². The van der Waals surface area contributed by atoms with Gasteiger partial charge in [-0.25, -0.2) is 0 Å². The molecule has 0 saturated heterocycles. The van der Waals surface area contributed by atoms with Gasteiger partial charge in [0, 0.05) is 25.7 Å². The van der Waals surface area contributed by atoms with Crippen LogP contribution in [0.1, 0.15) is 88.1 Å². The minimum atomic E-state index is -0.00508. The van der Waals surface area contributed by atoms with Crippen LogP contribution >= 0.6 is 22.7 Å². The van der Waals surface area contributed by atoms with Gasteiger partial charge in [-0.1, -0.05) is 75.0 Å². The molecule has 12 heteroatoms. The molecule has 202 valence electrons. The lowest BCUT2D eigenvalue weighted by molar-refractivity contribution is -0.117. The Bertz CT molecular complexity index is 806. The minimum Gasteiger partial charge on any atom is -0.379 e. The van der Waals surface area contributed by atoms with E-state index in [0.717, 1.165) is 61.4 Å². The maximum atomic E-state index is 11.9. The smallest absolute Gasteiger partial charge is 0.226 e. The van der Waals surface area contributed by atoms with Crippen molar-refractivity contribution in [3.8, 4) is 0 Å². The van der Waals surface area contributed by atoms with E-state index in [4.69, 9.17) is 9.47 Å². The minimum absolute atomic E-state index is 0.00508. The van der Waals surface area contributed by atoms with Crippen LogP contribution in [0.15, 0.2) is 0 Å². The zero-order chi connectivity index (χ0) is 25.8. The van der Waals surface area contributed by atoms with E-state index < -0.39 is 0 Å². The lowest BCUT2D eigenvalue weighted by atomic mass is 10.1. The second-order valence-electron chi connectivity index (χ2n) is 8.44. The monoisotopic (exact) mass is 540 g/mol. The molecule has 10 nitrogen and oxygen atoms in total. The fourth-order valence-electron chi connectivity index (χ4n) is 3.24. The molecule has 0 spiro atoms. The number of amides is 2. The van der Waals surface area contributed by atoms with Crippen molar-refractivity contribution in [2.75, 3.05) is 37.1 Å². The zero-order valence-corrected chi connectivity index (χ0v) is 23.2. The molecule has 2 rings (SSSR count). The lowest BCUT2D eigenvalue weighted by Gasteiger charge is -2.04. The first-order valence-electron chi connectivity index (χ1n) is 13.0. The first-order chi connectivity index (χ1) is 17.6. The number of unbranched alkanes of at least 4 members (excludes halogenated alkanes) is 6. The predicted molar refractivity (Wildman–Crippen MR) is 144 cm³/mol. The Kier molecular flexibility index (Phi) is 16.1. The van der Waals surface area contributed by atoms with E-state index in [2.05, 4.69) is 44.9 Å². The van der Waals surface area contributed by atoms with E-state index in [0.29, 0.717) is 62.4 Å². The van der Waals surface area contributed by atoms with E-state index in [9.17, 15) is 9.59 Å². The Balaban J connectivity index is 1.47. The van der Waals surface area contributed by atoms with Gasteiger partial charge in [0.1, 0.15) is 10.0 Å². The second kappa shape index (κ2) is 19.1. The Morgan fingerprint density at radius 2 is 1.08 bits per heavy atom. The van der Waals surface area contributed by atoms with Crippen LogP contribution in [-0.4, -0.2) is 58.6 Å². The second-order valence-corrected chi connectivity index (χ2v) is 10.6. The number of aromatic nitrogens is 4. The summed E-state index contributed by atoms with van der Waals surface area (Å²) >= 11 is 2.76. The Morgan fingerprint density at radius 3 is 1.50 bits per heavy atom. The van der Waals surface area contributed by atoms with Crippen LogP contribution in [0, 0.1) is 0 Å². The standard InChI is InChI=1S/C24H40N6O4S2/c1-3-5-7-9-11-19(31)25-23-29-27-21(35-23)13-15-33-17-18-34-16-14-22-28-30-24(36-22)26-20(32)12-10-8-6-4-2/h3-18H2,1-2H3,(H,25,29,31)(H,26,30,32). The number of nitrogens with one attached hydrogen (secondary N) is 2. The van der Waals surface area contributed by atoms with E-state index >= 15 is 0 Å². The number of rotatable bonds is 21. The van der Waals surface area contributed by atoms with Gasteiger partial charge in [-0.3, -0.25) is 9.59 Å². The van der Waals surface area contributed by atoms with Gasteiger partial charge in [-0.15, -0.1) is 20.4 Å². The number of nitrogens with zero attached hydrogens (tertiary/aromatic N) is 4. The molecule has 0 unspecified atom stereocenters. The summed E-state index contributed by atoms with van der Waals surface area (Å²) in [5.41, 5.74) is 0. The first-order valence-corrected chi connectivity index (χ1v) is 14.6. The van der Waals surface area contributed by atoms with Gasteiger partial charge in [0.2, 0.25) is 22.1 Å². The van der Waals surface area contributed by atoms with Gasteiger partial charge in [0.15, 0.2) is 0 Å². The van der Waals surface area contributed by atoms with Gasteiger partial charge in [-0.2, -0.15) is 0 Å². The normalized spacial score (nSPS) is 11.1. The molecule has 0 aliphatic heterocycles. The molecule has 2 aromatic rings. The van der Waals surface area contributed by atoms with E-state index in [-0.39, 0.29) is 11.8 Å². The fourth-order valence-corrected chi connectivity index (χ4v) is 4.71. The predicted octanol–water partition coefficient (Wildman–Crippen LogP) is 5.03. The van der Waals surface area contributed by atoms with E-state index in [1.807, 2.05) is 0 Å². The summed E-state index contributed by atoms with van der Waals surface area (Å²) in [4.78, 5) is 23.8. The lowest BCUT2D eigenvalue weighted by Crippen LogP contribution is -2.10. The highest BCUT2D eigenvalue weighted by Gasteiger charge is 2.09. The van der Waals surface area contributed by atoms with Gasteiger partial charge >= 0.3 is 0 Å². The molecule has 2 amide bonds. The third kappa shape index (κ3) is 13.9. The molecule has 0 radical (unpaired) electrons. The molecule has 0 fully saturated rings.